The number of piperazine rings is 1. The summed E-state index contributed by atoms with van der Waals surface area (Å²) < 4.78 is 38.8. The predicted molar refractivity (Wildman–Crippen MR) is 206 cm³/mol. The topological polar surface area (TPSA) is 156 Å². The number of likely N-dealkylation sites (tertiary alicyclic amines) is 1. The molecule has 0 spiro atoms. The number of hydrogen-bond donors (Lipinski definition) is 1. The Bertz CT molecular complexity index is 2610. The van der Waals surface area contributed by atoms with E-state index in [1.54, 1.807) is 37.2 Å². The maximum absolute atomic E-state index is 15.3. The highest BCUT2D eigenvalue weighted by atomic mass is 19.1. The zero-order valence-electron chi connectivity index (χ0n) is 31.7. The first-order chi connectivity index (χ1) is 27.6. The Kier molecular flexibility index (Phi) is 8.10. The summed E-state index contributed by atoms with van der Waals surface area (Å²) in [6.45, 7) is 3.45. The Labute approximate surface area is 325 Å². The number of aromatic nitrogens is 8. The van der Waals surface area contributed by atoms with Crippen LogP contribution in [0.4, 0.5) is 26.4 Å². The number of halogens is 2. The van der Waals surface area contributed by atoms with Crippen molar-refractivity contribution in [2.24, 2.45) is 0 Å². The Morgan fingerprint density at radius 2 is 1.72 bits per heavy atom. The Balaban J connectivity index is 1.11. The van der Waals surface area contributed by atoms with Crippen molar-refractivity contribution in [2.75, 3.05) is 56.0 Å². The van der Waals surface area contributed by atoms with E-state index in [0.29, 0.717) is 60.9 Å². The molecule has 57 heavy (non-hydrogen) atoms. The van der Waals surface area contributed by atoms with E-state index >= 15 is 4.39 Å². The van der Waals surface area contributed by atoms with Crippen molar-refractivity contribution in [1.82, 2.24) is 49.1 Å². The second-order valence-corrected chi connectivity index (χ2v) is 15.3. The van der Waals surface area contributed by atoms with Crippen molar-refractivity contribution in [3.8, 4) is 17.1 Å². The van der Waals surface area contributed by atoms with Gasteiger partial charge in [-0.2, -0.15) is 15.1 Å². The molecule has 3 fully saturated rings. The number of nitrogens with one attached hydrogen (secondary N) is 1. The first-order valence-electron chi connectivity index (χ1n) is 18.9. The van der Waals surface area contributed by atoms with Crippen LogP contribution < -0.4 is 15.1 Å². The molecule has 292 valence electrons. The van der Waals surface area contributed by atoms with Gasteiger partial charge in [0.1, 0.15) is 46.7 Å². The van der Waals surface area contributed by atoms with Gasteiger partial charge in [0.05, 0.1) is 47.0 Å². The van der Waals surface area contributed by atoms with Crippen LogP contribution in [0.1, 0.15) is 18.7 Å². The largest absolute Gasteiger partial charge is 0.378 e. The van der Waals surface area contributed by atoms with Gasteiger partial charge >= 0.3 is 0 Å². The molecule has 18 heteroatoms. The number of imidazole rings is 1. The van der Waals surface area contributed by atoms with Crippen LogP contribution in [0.15, 0.2) is 54.9 Å². The molecule has 9 heterocycles. The lowest BCUT2D eigenvalue weighted by Gasteiger charge is -2.54. The summed E-state index contributed by atoms with van der Waals surface area (Å²) in [5, 5.41) is 8.57. The van der Waals surface area contributed by atoms with Crippen LogP contribution in [0.25, 0.3) is 39.1 Å². The van der Waals surface area contributed by atoms with Gasteiger partial charge in [-0.15, -0.1) is 0 Å². The molecule has 0 radical (unpaired) electrons. The number of carbonyl (C=O) groups is 2. The van der Waals surface area contributed by atoms with Crippen LogP contribution in [-0.4, -0.2) is 132 Å². The number of carbonyl (C=O) groups excluding carboxylic acids is 2. The second kappa shape index (κ2) is 13.1. The normalized spacial score (nSPS) is 23.5. The smallest absolute Gasteiger partial charge is 0.245 e. The lowest BCUT2D eigenvalue weighted by Crippen LogP contribution is -2.71. The number of piperidine rings is 1. The maximum Gasteiger partial charge on any atom is 0.245 e. The predicted octanol–water partition coefficient (Wildman–Crippen LogP) is 3.17. The number of nitrogens with zero attached hydrogens (tertiary/aromatic N) is 12. The third kappa shape index (κ3) is 5.63. The lowest BCUT2D eigenvalue weighted by atomic mass is 9.87. The van der Waals surface area contributed by atoms with E-state index in [0.717, 1.165) is 29.0 Å². The van der Waals surface area contributed by atoms with Crippen molar-refractivity contribution < 1.29 is 23.1 Å². The van der Waals surface area contributed by atoms with Gasteiger partial charge in [-0.25, -0.2) is 23.4 Å². The molecule has 1 N–H and O–H groups in total. The minimum absolute atomic E-state index is 0.00518. The van der Waals surface area contributed by atoms with Crippen molar-refractivity contribution in [1.29, 1.82) is 0 Å². The van der Waals surface area contributed by atoms with E-state index in [4.69, 9.17) is 29.7 Å². The molecule has 0 saturated carbocycles. The molecule has 6 aromatic rings. The summed E-state index contributed by atoms with van der Waals surface area (Å²) in [4.78, 5) is 59.8. The summed E-state index contributed by atoms with van der Waals surface area (Å²) in [6, 6.07) is 9.39. The number of fused-ring (bicyclic) bond motifs is 8. The number of anilines is 3. The van der Waals surface area contributed by atoms with E-state index < -0.39 is 29.8 Å². The van der Waals surface area contributed by atoms with Crippen molar-refractivity contribution >= 4 is 51.5 Å². The fourth-order valence-electron chi connectivity index (χ4n) is 8.93. The summed E-state index contributed by atoms with van der Waals surface area (Å²) >= 11 is 0. The highest BCUT2D eigenvalue weighted by molar-refractivity contribution is 5.95. The number of likely N-dealkylation sites (N-methyl/N-ethyl adjacent to an activating group) is 2. The van der Waals surface area contributed by atoms with Gasteiger partial charge in [0.25, 0.3) is 0 Å². The average molecular weight is 776 g/mol. The van der Waals surface area contributed by atoms with Gasteiger partial charge in [-0.05, 0) is 50.1 Å². The zero-order chi connectivity index (χ0) is 39.3. The lowest BCUT2D eigenvalue weighted by molar-refractivity contribution is -0.138. The van der Waals surface area contributed by atoms with Crippen LogP contribution in [0.5, 0.6) is 0 Å². The fourth-order valence-corrected chi connectivity index (χ4v) is 8.93. The molecule has 5 atom stereocenters. The van der Waals surface area contributed by atoms with Crippen LogP contribution in [0.3, 0.4) is 0 Å². The third-order valence-electron chi connectivity index (χ3n) is 11.8. The number of ether oxygens (including phenoxy) is 1. The molecule has 4 aliphatic heterocycles. The van der Waals surface area contributed by atoms with Crippen molar-refractivity contribution in [3.63, 3.8) is 0 Å². The number of hydrogen-bond acceptors (Lipinski definition) is 12. The quantitative estimate of drug-likeness (QED) is 0.280. The second-order valence-electron chi connectivity index (χ2n) is 15.3. The van der Waals surface area contributed by atoms with Crippen LogP contribution in [-0.2, 0) is 20.9 Å². The highest BCUT2D eigenvalue weighted by Crippen LogP contribution is 2.40. The number of pyridine rings is 2. The molecule has 6 bridgehead atoms. The third-order valence-corrected chi connectivity index (χ3v) is 11.8. The average Bonchev–Trinajstić information content (AvgIpc) is 3.89. The molecule has 16 nitrogen and oxygen atoms in total. The zero-order valence-corrected chi connectivity index (χ0v) is 31.7. The Morgan fingerprint density at radius 3 is 2.53 bits per heavy atom. The SMILES string of the molecule is CO[C@H]1CN(C)C(=O)[C@@H]2C[C@@H](CN2c2nc(N3[C@@H]4C[C@H]3C(=O)N(C)C4)nc3c2cnn3-c2ccc(F)cc2F)Nc2cccc(n2)-c2nccc3nc(C)n(c23)C1. The molecular weight excluding hydrogens is 737 g/mol. The molecule has 3 saturated heterocycles. The molecule has 0 unspecified atom stereocenters. The van der Waals surface area contributed by atoms with E-state index in [-0.39, 0.29) is 47.7 Å². The summed E-state index contributed by atoms with van der Waals surface area (Å²) in [5.74, 6) is 0.320. The Morgan fingerprint density at radius 1 is 0.895 bits per heavy atom. The molecule has 4 aliphatic rings. The van der Waals surface area contributed by atoms with Gasteiger partial charge in [0.2, 0.25) is 17.8 Å². The number of aryl methyl sites for hydroxylation is 1. The van der Waals surface area contributed by atoms with E-state index in [1.807, 2.05) is 41.0 Å². The van der Waals surface area contributed by atoms with Crippen molar-refractivity contribution in [2.45, 2.75) is 56.6 Å². The van der Waals surface area contributed by atoms with Crippen LogP contribution in [0.2, 0.25) is 0 Å². The number of benzene rings is 1. The molecule has 5 aromatic heterocycles. The van der Waals surface area contributed by atoms with Gasteiger partial charge in [0, 0.05) is 59.1 Å². The minimum Gasteiger partial charge on any atom is -0.378 e. The van der Waals surface area contributed by atoms with Gasteiger partial charge in [0.15, 0.2) is 11.5 Å². The maximum atomic E-state index is 15.3. The highest BCUT2D eigenvalue weighted by Gasteiger charge is 2.51. The monoisotopic (exact) mass is 775 g/mol. The van der Waals surface area contributed by atoms with Crippen LogP contribution in [0, 0.1) is 18.6 Å². The van der Waals surface area contributed by atoms with E-state index in [9.17, 15) is 14.0 Å². The number of rotatable bonds is 4. The molecule has 1 aromatic carbocycles. The fraction of sp³-hybridized carbons (Fsp3) is 0.385. The summed E-state index contributed by atoms with van der Waals surface area (Å²) in [5.41, 5.74) is 3.22. The molecule has 10 rings (SSSR count). The van der Waals surface area contributed by atoms with Gasteiger partial charge in [-0.1, -0.05) is 6.07 Å². The number of amides is 2. The van der Waals surface area contributed by atoms with E-state index in [2.05, 4.69) is 15.0 Å². The molecule has 0 aliphatic carbocycles. The molecular formula is C39H39F2N13O3. The first-order valence-corrected chi connectivity index (χ1v) is 18.9. The first kappa shape index (κ1) is 35.1. The standard InChI is InChI=1S/C39H39F2N13O3/c1-20-44-28-10-11-42-33-27-6-5-7-32(46-27)45-22-13-30(37(55)50(3)18-24(57-4)19-51(20)34(28)33)52(16-22)35-25-15-43-54(29-9-8-21(40)12-26(29)41)36(25)48-39(47-35)53-23-14-31(53)38(56)49(2)17-23/h5-12,15,22-24,30-31H,13-14,16-19H2,1-4H3,(H,45,46)/t22-,23+,24-,30-,31-/m0/s1. The number of methoxy groups -OCH3 is 1. The summed E-state index contributed by atoms with van der Waals surface area (Å²) in [6.07, 6.45) is 3.91. The summed E-state index contributed by atoms with van der Waals surface area (Å²) in [7, 11) is 5.17. The van der Waals surface area contributed by atoms with Gasteiger partial charge < -0.3 is 34.2 Å². The van der Waals surface area contributed by atoms with E-state index in [1.165, 1.54) is 16.9 Å². The Hall–Kier alpha value is -6.30. The van der Waals surface area contributed by atoms with Crippen molar-refractivity contribution in [3.05, 3.63) is 72.3 Å². The molecule has 2 amide bonds. The minimum atomic E-state index is -0.820. The van der Waals surface area contributed by atoms with Gasteiger partial charge in [-0.3, -0.25) is 14.6 Å². The van der Waals surface area contributed by atoms with Crippen LogP contribution >= 0.6 is 0 Å².